The largest absolute Gasteiger partial charge is 0.369 e. The van der Waals surface area contributed by atoms with E-state index in [0.717, 1.165) is 39.0 Å². The fourth-order valence-corrected chi connectivity index (χ4v) is 4.36. The summed E-state index contributed by atoms with van der Waals surface area (Å²) in [5.74, 6) is -0.0584. The molecule has 2 heterocycles. The van der Waals surface area contributed by atoms with Crippen molar-refractivity contribution in [3.8, 4) is 0 Å². The maximum Gasteiger partial charge on any atom is 0.220 e. The predicted molar refractivity (Wildman–Crippen MR) is 104 cm³/mol. The monoisotopic (exact) mass is 349 g/mol. The van der Waals surface area contributed by atoms with Crippen LogP contribution < -0.4 is 5.73 Å². The van der Waals surface area contributed by atoms with Crippen LogP contribution in [0.25, 0.3) is 0 Å². The van der Waals surface area contributed by atoms with Crippen molar-refractivity contribution in [1.82, 2.24) is 9.80 Å². The molecule has 26 heavy (non-hydrogen) atoms. The molecule has 136 valence electrons. The number of rotatable bonds is 5. The smallest absolute Gasteiger partial charge is 0.220 e. The number of piperidine rings is 1. The zero-order valence-corrected chi connectivity index (χ0v) is 15.1. The standard InChI is InChI=1S/C22H27N3O/c23-22(26)19-11-13-24(14-12-19)20-15-25(16-20)21(17-7-3-1-4-8-17)18-9-5-2-6-10-18/h1-10,19-21H,11-16H2,(H2,23,26). The third kappa shape index (κ3) is 3.53. The van der Waals surface area contributed by atoms with Gasteiger partial charge in [0.15, 0.2) is 0 Å². The molecule has 2 aliphatic heterocycles. The maximum atomic E-state index is 11.4. The molecular weight excluding hydrogens is 322 g/mol. The molecule has 2 N–H and O–H groups in total. The second-order valence-electron chi connectivity index (χ2n) is 7.54. The van der Waals surface area contributed by atoms with Gasteiger partial charge in [-0.1, -0.05) is 60.7 Å². The van der Waals surface area contributed by atoms with Gasteiger partial charge in [-0.15, -0.1) is 0 Å². The lowest BCUT2D eigenvalue weighted by Gasteiger charge is -2.50. The molecule has 0 spiro atoms. The minimum atomic E-state index is -0.131. The van der Waals surface area contributed by atoms with E-state index in [0.29, 0.717) is 12.1 Å². The maximum absolute atomic E-state index is 11.4. The number of primary amides is 1. The van der Waals surface area contributed by atoms with E-state index < -0.39 is 0 Å². The average molecular weight is 349 g/mol. The van der Waals surface area contributed by atoms with Crippen LogP contribution in [0.5, 0.6) is 0 Å². The molecule has 4 rings (SSSR count). The Bertz CT molecular complexity index is 680. The quantitative estimate of drug-likeness (QED) is 0.903. The lowest BCUT2D eigenvalue weighted by Crippen LogP contribution is -2.61. The van der Waals surface area contributed by atoms with Crippen LogP contribution in [-0.2, 0) is 4.79 Å². The molecule has 2 fully saturated rings. The van der Waals surface area contributed by atoms with Crippen LogP contribution >= 0.6 is 0 Å². The fourth-order valence-electron chi connectivity index (χ4n) is 4.36. The van der Waals surface area contributed by atoms with Crippen LogP contribution in [0, 0.1) is 5.92 Å². The first-order chi connectivity index (χ1) is 12.7. The number of benzene rings is 2. The Balaban J connectivity index is 1.43. The second-order valence-corrected chi connectivity index (χ2v) is 7.54. The minimum Gasteiger partial charge on any atom is -0.369 e. The van der Waals surface area contributed by atoms with Crippen LogP contribution in [0.15, 0.2) is 60.7 Å². The highest BCUT2D eigenvalue weighted by Gasteiger charge is 2.38. The van der Waals surface area contributed by atoms with Crippen LogP contribution in [0.1, 0.15) is 30.0 Å². The Morgan fingerprint density at radius 3 is 1.85 bits per heavy atom. The Morgan fingerprint density at radius 2 is 1.38 bits per heavy atom. The van der Waals surface area contributed by atoms with Gasteiger partial charge in [-0.05, 0) is 37.1 Å². The number of nitrogens with two attached hydrogens (primary N) is 1. The first kappa shape index (κ1) is 17.3. The van der Waals surface area contributed by atoms with Crippen molar-refractivity contribution < 1.29 is 4.79 Å². The lowest BCUT2D eigenvalue weighted by atomic mass is 9.90. The number of amides is 1. The second kappa shape index (κ2) is 7.60. The van der Waals surface area contributed by atoms with Crippen LogP contribution in [0.2, 0.25) is 0 Å². The normalized spacial score (nSPS) is 20.2. The van der Waals surface area contributed by atoms with Crippen molar-refractivity contribution in [3.63, 3.8) is 0 Å². The summed E-state index contributed by atoms with van der Waals surface area (Å²) in [6.45, 7) is 4.15. The van der Waals surface area contributed by atoms with E-state index in [1.54, 1.807) is 0 Å². The third-order valence-electron chi connectivity index (χ3n) is 5.93. The van der Waals surface area contributed by atoms with Gasteiger partial charge >= 0.3 is 0 Å². The molecule has 0 radical (unpaired) electrons. The molecule has 0 aromatic heterocycles. The molecule has 0 unspecified atom stereocenters. The van der Waals surface area contributed by atoms with Gasteiger partial charge in [0, 0.05) is 25.0 Å². The van der Waals surface area contributed by atoms with Gasteiger partial charge in [0.1, 0.15) is 0 Å². The van der Waals surface area contributed by atoms with Gasteiger partial charge in [-0.3, -0.25) is 14.6 Å². The topological polar surface area (TPSA) is 49.6 Å². The number of carbonyl (C=O) groups is 1. The molecule has 2 aromatic carbocycles. The molecule has 0 aliphatic carbocycles. The van der Waals surface area contributed by atoms with Crippen molar-refractivity contribution >= 4 is 5.91 Å². The van der Waals surface area contributed by atoms with Crippen molar-refractivity contribution in [2.45, 2.75) is 24.9 Å². The zero-order chi connectivity index (χ0) is 17.9. The molecular formula is C22H27N3O. The fraction of sp³-hybridized carbons (Fsp3) is 0.409. The van der Waals surface area contributed by atoms with E-state index in [9.17, 15) is 4.79 Å². The minimum absolute atomic E-state index is 0.0730. The third-order valence-corrected chi connectivity index (χ3v) is 5.93. The molecule has 0 atom stereocenters. The number of hydrogen-bond acceptors (Lipinski definition) is 3. The summed E-state index contributed by atoms with van der Waals surface area (Å²) in [6.07, 6.45) is 1.82. The molecule has 2 saturated heterocycles. The summed E-state index contributed by atoms with van der Waals surface area (Å²) in [7, 11) is 0. The van der Waals surface area contributed by atoms with E-state index in [1.807, 2.05) is 0 Å². The summed E-state index contributed by atoms with van der Waals surface area (Å²) in [5, 5.41) is 0. The zero-order valence-electron chi connectivity index (χ0n) is 15.1. The molecule has 0 bridgehead atoms. The van der Waals surface area contributed by atoms with Crippen molar-refractivity contribution in [3.05, 3.63) is 71.8 Å². The summed E-state index contributed by atoms with van der Waals surface area (Å²) < 4.78 is 0. The Morgan fingerprint density at radius 1 is 0.885 bits per heavy atom. The summed E-state index contributed by atoms with van der Waals surface area (Å²) in [6, 6.07) is 22.5. The summed E-state index contributed by atoms with van der Waals surface area (Å²) in [4.78, 5) is 16.5. The van der Waals surface area contributed by atoms with Crippen LogP contribution in [0.3, 0.4) is 0 Å². The lowest BCUT2D eigenvalue weighted by molar-refractivity contribution is -0.123. The van der Waals surface area contributed by atoms with Gasteiger partial charge in [-0.25, -0.2) is 0 Å². The highest BCUT2D eigenvalue weighted by atomic mass is 16.1. The SMILES string of the molecule is NC(=O)C1CCN(C2CN(C(c3ccccc3)c3ccccc3)C2)CC1. The number of likely N-dealkylation sites (tertiary alicyclic amines) is 2. The number of nitrogens with zero attached hydrogens (tertiary/aromatic N) is 2. The summed E-state index contributed by atoms with van der Waals surface area (Å²) >= 11 is 0. The van der Waals surface area contributed by atoms with E-state index >= 15 is 0 Å². The van der Waals surface area contributed by atoms with Crippen LogP contribution in [0.4, 0.5) is 0 Å². The molecule has 2 aromatic rings. The molecule has 4 heteroatoms. The average Bonchev–Trinajstić information content (AvgIpc) is 2.66. The molecule has 0 saturated carbocycles. The number of hydrogen-bond donors (Lipinski definition) is 1. The van der Waals surface area contributed by atoms with Crippen molar-refractivity contribution in [2.75, 3.05) is 26.2 Å². The first-order valence-electron chi connectivity index (χ1n) is 9.59. The molecule has 1 amide bonds. The van der Waals surface area contributed by atoms with Crippen LogP contribution in [-0.4, -0.2) is 47.9 Å². The Labute approximate surface area is 155 Å². The Kier molecular flexibility index (Phi) is 5.05. The Hall–Kier alpha value is -2.17. The van der Waals surface area contributed by atoms with Crippen molar-refractivity contribution in [1.29, 1.82) is 0 Å². The summed E-state index contributed by atoms with van der Waals surface area (Å²) in [5.41, 5.74) is 8.16. The van der Waals surface area contributed by atoms with Gasteiger partial charge in [0.25, 0.3) is 0 Å². The van der Waals surface area contributed by atoms with Gasteiger partial charge in [0.2, 0.25) is 5.91 Å². The molecule has 2 aliphatic rings. The van der Waals surface area contributed by atoms with E-state index in [-0.39, 0.29) is 11.8 Å². The predicted octanol–water partition coefficient (Wildman–Crippen LogP) is 2.66. The van der Waals surface area contributed by atoms with Gasteiger partial charge in [0.05, 0.1) is 6.04 Å². The van der Waals surface area contributed by atoms with E-state index in [2.05, 4.69) is 70.5 Å². The highest BCUT2D eigenvalue weighted by molar-refractivity contribution is 5.76. The van der Waals surface area contributed by atoms with E-state index in [1.165, 1.54) is 11.1 Å². The number of carbonyl (C=O) groups excluding carboxylic acids is 1. The highest BCUT2D eigenvalue weighted by Crippen LogP contribution is 2.34. The van der Waals surface area contributed by atoms with E-state index in [4.69, 9.17) is 5.73 Å². The van der Waals surface area contributed by atoms with Crippen molar-refractivity contribution in [2.24, 2.45) is 11.7 Å². The molecule has 4 nitrogen and oxygen atoms in total. The first-order valence-corrected chi connectivity index (χ1v) is 9.59. The van der Waals surface area contributed by atoms with Gasteiger partial charge < -0.3 is 5.73 Å². The van der Waals surface area contributed by atoms with Gasteiger partial charge in [-0.2, -0.15) is 0 Å².